The first-order valence-corrected chi connectivity index (χ1v) is 5.99. The lowest BCUT2D eigenvalue weighted by molar-refractivity contribution is 0.0697. The Morgan fingerprint density at radius 1 is 1.28 bits per heavy atom. The van der Waals surface area contributed by atoms with Crippen LogP contribution in [0.4, 0.5) is 0 Å². The van der Waals surface area contributed by atoms with E-state index in [4.69, 9.17) is 10.2 Å². The predicted octanol–water partition coefficient (Wildman–Crippen LogP) is 2.34. The van der Waals surface area contributed by atoms with Gasteiger partial charge in [0.25, 0.3) is 0 Å². The molecule has 4 nitrogen and oxygen atoms in total. The van der Waals surface area contributed by atoms with Gasteiger partial charge in [0, 0.05) is 24.2 Å². The zero-order valence-electron chi connectivity index (χ0n) is 10.6. The molecule has 0 aliphatic rings. The monoisotopic (exact) mass is 247 g/mol. The van der Waals surface area contributed by atoms with Crippen molar-refractivity contribution in [2.45, 2.75) is 26.8 Å². The number of aromatic nitrogens is 1. The van der Waals surface area contributed by atoms with Gasteiger partial charge in [0.2, 0.25) is 0 Å². The van der Waals surface area contributed by atoms with Crippen LogP contribution in [0.25, 0.3) is 10.9 Å². The van der Waals surface area contributed by atoms with Gasteiger partial charge in [-0.1, -0.05) is 0 Å². The molecule has 0 saturated carbocycles. The molecule has 0 fully saturated rings. The van der Waals surface area contributed by atoms with Crippen LogP contribution in [0.1, 0.15) is 28.0 Å². The van der Waals surface area contributed by atoms with Crippen LogP contribution in [0, 0.1) is 13.8 Å². The predicted molar refractivity (Wildman–Crippen MR) is 70.1 cm³/mol. The summed E-state index contributed by atoms with van der Waals surface area (Å²) in [6, 6.07) is 5.39. The maximum absolute atomic E-state index is 11.0. The van der Waals surface area contributed by atoms with Crippen LogP contribution in [0.15, 0.2) is 18.2 Å². The van der Waals surface area contributed by atoms with E-state index in [1.54, 1.807) is 12.1 Å². The lowest BCUT2D eigenvalue weighted by Crippen LogP contribution is -2.03. The van der Waals surface area contributed by atoms with E-state index >= 15 is 0 Å². The number of carbonyl (C=O) groups is 1. The molecule has 0 spiro atoms. The number of benzene rings is 1. The highest BCUT2D eigenvalue weighted by molar-refractivity contribution is 5.95. The summed E-state index contributed by atoms with van der Waals surface area (Å²) in [5.74, 6) is -0.902. The molecular formula is C14H17NO3. The smallest absolute Gasteiger partial charge is 0.335 e. The third-order valence-electron chi connectivity index (χ3n) is 3.18. The summed E-state index contributed by atoms with van der Waals surface area (Å²) in [6.07, 6.45) is 0.699. The second-order valence-electron chi connectivity index (χ2n) is 4.55. The Morgan fingerprint density at radius 3 is 2.61 bits per heavy atom. The third kappa shape index (κ3) is 2.11. The van der Waals surface area contributed by atoms with E-state index in [1.165, 1.54) is 0 Å². The van der Waals surface area contributed by atoms with Gasteiger partial charge in [0.05, 0.1) is 11.1 Å². The van der Waals surface area contributed by atoms with Crippen LogP contribution >= 0.6 is 0 Å². The van der Waals surface area contributed by atoms with Crippen molar-refractivity contribution in [2.24, 2.45) is 0 Å². The highest BCUT2D eigenvalue weighted by Gasteiger charge is 2.12. The molecule has 0 amide bonds. The fraction of sp³-hybridized carbons (Fsp3) is 0.357. The Kier molecular flexibility index (Phi) is 3.39. The lowest BCUT2D eigenvalue weighted by Gasteiger charge is -2.09. The molecule has 1 aromatic carbocycles. The molecule has 2 aromatic rings. The van der Waals surface area contributed by atoms with Gasteiger partial charge in [-0.3, -0.25) is 0 Å². The molecule has 18 heavy (non-hydrogen) atoms. The number of aliphatic hydroxyl groups is 1. The SMILES string of the molecule is Cc1cc(C(=O)O)cc2cc(C)n(CCCO)c12. The Labute approximate surface area is 105 Å². The molecule has 0 saturated heterocycles. The van der Waals surface area contributed by atoms with Crippen molar-refractivity contribution >= 4 is 16.9 Å². The lowest BCUT2D eigenvalue weighted by atomic mass is 10.1. The fourth-order valence-corrected chi connectivity index (χ4v) is 2.41. The minimum absolute atomic E-state index is 0.158. The van der Waals surface area contributed by atoms with Crippen molar-refractivity contribution in [3.8, 4) is 0 Å². The quantitative estimate of drug-likeness (QED) is 0.871. The van der Waals surface area contributed by atoms with Crippen molar-refractivity contribution in [3.63, 3.8) is 0 Å². The van der Waals surface area contributed by atoms with Crippen molar-refractivity contribution in [1.29, 1.82) is 0 Å². The van der Waals surface area contributed by atoms with Crippen molar-refractivity contribution in [2.75, 3.05) is 6.61 Å². The highest BCUT2D eigenvalue weighted by Crippen LogP contribution is 2.25. The van der Waals surface area contributed by atoms with Crippen molar-refractivity contribution in [3.05, 3.63) is 35.0 Å². The van der Waals surface area contributed by atoms with Crippen LogP contribution in [0.5, 0.6) is 0 Å². The summed E-state index contributed by atoms with van der Waals surface area (Å²) < 4.78 is 2.13. The first kappa shape index (κ1) is 12.6. The number of hydrogen-bond donors (Lipinski definition) is 2. The fourth-order valence-electron chi connectivity index (χ4n) is 2.41. The standard InChI is InChI=1S/C14H17NO3/c1-9-6-12(14(17)18)8-11-7-10(2)15(13(9)11)4-3-5-16/h6-8,16H,3-5H2,1-2H3,(H,17,18). The zero-order valence-corrected chi connectivity index (χ0v) is 10.6. The Morgan fingerprint density at radius 2 is 2.00 bits per heavy atom. The molecule has 1 aromatic heterocycles. The van der Waals surface area contributed by atoms with Gasteiger partial charge in [0.1, 0.15) is 0 Å². The molecule has 96 valence electrons. The molecule has 0 atom stereocenters. The van der Waals surface area contributed by atoms with Gasteiger partial charge in [-0.15, -0.1) is 0 Å². The molecule has 0 aliphatic heterocycles. The first-order chi connectivity index (χ1) is 8.54. The number of rotatable bonds is 4. The summed E-state index contributed by atoms with van der Waals surface area (Å²) in [7, 11) is 0. The van der Waals surface area contributed by atoms with E-state index in [0.717, 1.165) is 28.7 Å². The number of carboxylic acids is 1. The molecule has 0 bridgehead atoms. The topological polar surface area (TPSA) is 62.5 Å². The van der Waals surface area contributed by atoms with E-state index in [2.05, 4.69) is 4.57 Å². The number of aliphatic hydroxyl groups excluding tert-OH is 1. The minimum atomic E-state index is -0.902. The van der Waals surface area contributed by atoms with Crippen LogP contribution in [-0.4, -0.2) is 27.4 Å². The van der Waals surface area contributed by atoms with Crippen LogP contribution in [-0.2, 0) is 6.54 Å². The van der Waals surface area contributed by atoms with Crippen LogP contribution in [0.3, 0.4) is 0 Å². The maximum atomic E-state index is 11.0. The highest BCUT2D eigenvalue weighted by atomic mass is 16.4. The molecule has 2 rings (SSSR count). The number of nitrogens with zero attached hydrogens (tertiary/aromatic N) is 1. The largest absolute Gasteiger partial charge is 0.478 e. The second kappa shape index (κ2) is 4.82. The van der Waals surface area contributed by atoms with Crippen LogP contribution < -0.4 is 0 Å². The van der Waals surface area contributed by atoms with Gasteiger partial charge < -0.3 is 14.8 Å². The molecule has 0 aliphatic carbocycles. The van der Waals surface area contributed by atoms with E-state index in [9.17, 15) is 4.79 Å². The summed E-state index contributed by atoms with van der Waals surface area (Å²) in [6.45, 7) is 4.82. The Balaban J connectivity index is 2.60. The van der Waals surface area contributed by atoms with E-state index < -0.39 is 5.97 Å². The second-order valence-corrected chi connectivity index (χ2v) is 4.55. The van der Waals surface area contributed by atoms with Crippen molar-refractivity contribution in [1.82, 2.24) is 4.57 Å². The van der Waals surface area contributed by atoms with E-state index in [0.29, 0.717) is 12.0 Å². The maximum Gasteiger partial charge on any atom is 0.335 e. The first-order valence-electron chi connectivity index (χ1n) is 5.99. The molecule has 0 unspecified atom stereocenters. The molecule has 1 heterocycles. The van der Waals surface area contributed by atoms with Gasteiger partial charge >= 0.3 is 5.97 Å². The van der Waals surface area contributed by atoms with Crippen molar-refractivity contribution < 1.29 is 15.0 Å². The Bertz CT molecular complexity index is 599. The Hall–Kier alpha value is -1.81. The van der Waals surface area contributed by atoms with Gasteiger partial charge in [0.15, 0.2) is 0 Å². The molecule has 0 radical (unpaired) electrons. The van der Waals surface area contributed by atoms with E-state index in [1.807, 2.05) is 19.9 Å². The number of hydrogen-bond acceptors (Lipinski definition) is 2. The van der Waals surface area contributed by atoms with E-state index in [-0.39, 0.29) is 6.61 Å². The number of aromatic carboxylic acids is 1. The van der Waals surface area contributed by atoms with Crippen LogP contribution in [0.2, 0.25) is 0 Å². The van der Waals surface area contributed by atoms with Gasteiger partial charge in [-0.25, -0.2) is 4.79 Å². The summed E-state index contributed by atoms with van der Waals surface area (Å²) in [4.78, 5) is 11.0. The number of aryl methyl sites for hydroxylation is 3. The molecule has 4 heteroatoms. The summed E-state index contributed by atoms with van der Waals surface area (Å²) in [5.41, 5.74) is 3.42. The number of fused-ring (bicyclic) bond motifs is 1. The van der Waals surface area contributed by atoms with Gasteiger partial charge in [-0.2, -0.15) is 0 Å². The average Bonchev–Trinajstić information content (AvgIpc) is 2.62. The van der Waals surface area contributed by atoms with Gasteiger partial charge in [-0.05, 0) is 44.0 Å². The average molecular weight is 247 g/mol. The molecule has 2 N–H and O–H groups in total. The zero-order chi connectivity index (χ0) is 13.3. The number of carboxylic acid groups (broad SMARTS) is 1. The third-order valence-corrected chi connectivity index (χ3v) is 3.18. The normalized spacial score (nSPS) is 11.1. The summed E-state index contributed by atoms with van der Waals surface area (Å²) >= 11 is 0. The minimum Gasteiger partial charge on any atom is -0.478 e. The summed E-state index contributed by atoms with van der Waals surface area (Å²) in [5, 5.41) is 18.9. The molecular weight excluding hydrogens is 230 g/mol.